The highest BCUT2D eigenvalue weighted by molar-refractivity contribution is 5.78. The smallest absolute Gasteiger partial charge is 0.135 e. The van der Waals surface area contributed by atoms with Gasteiger partial charge in [0, 0.05) is 19.3 Å². The van der Waals surface area contributed by atoms with Gasteiger partial charge >= 0.3 is 0 Å². The minimum Gasteiger partial charge on any atom is -0.394 e. The molecule has 1 aliphatic rings. The van der Waals surface area contributed by atoms with Crippen LogP contribution in [-0.2, 0) is 9.53 Å². The Balaban J connectivity index is 2.25. The van der Waals surface area contributed by atoms with Gasteiger partial charge in [-0.2, -0.15) is 0 Å². The van der Waals surface area contributed by atoms with Gasteiger partial charge in [0.1, 0.15) is 11.9 Å². The third-order valence-corrected chi connectivity index (χ3v) is 2.75. The van der Waals surface area contributed by atoms with Gasteiger partial charge in [0.2, 0.25) is 0 Å². The van der Waals surface area contributed by atoms with Crippen molar-refractivity contribution in [2.75, 3.05) is 6.61 Å². The second-order valence-corrected chi connectivity index (χ2v) is 4.13. The summed E-state index contributed by atoms with van der Waals surface area (Å²) < 4.78 is 5.35. The standard InChI is InChI=1S/C11H20O4/c1-2-3-4-8(13)5-9-6-10(14)11(7-12)15-9/h9-12,14H,2-7H2,1H3/t9?,10-,11+/m0/s1. The number of carbonyl (C=O) groups is 1. The van der Waals surface area contributed by atoms with Crippen molar-refractivity contribution >= 4 is 5.78 Å². The van der Waals surface area contributed by atoms with E-state index < -0.39 is 12.2 Å². The first-order valence-electron chi connectivity index (χ1n) is 5.63. The number of ether oxygens (including phenoxy) is 1. The topological polar surface area (TPSA) is 66.8 Å². The van der Waals surface area contributed by atoms with Crippen LogP contribution in [0.4, 0.5) is 0 Å². The Morgan fingerprint density at radius 1 is 1.53 bits per heavy atom. The maximum Gasteiger partial charge on any atom is 0.135 e. The minimum atomic E-state index is -0.626. The Hall–Kier alpha value is -0.450. The summed E-state index contributed by atoms with van der Waals surface area (Å²) in [6, 6.07) is 0. The van der Waals surface area contributed by atoms with Crippen molar-refractivity contribution in [2.45, 2.75) is 57.3 Å². The summed E-state index contributed by atoms with van der Waals surface area (Å²) >= 11 is 0. The molecule has 0 radical (unpaired) electrons. The van der Waals surface area contributed by atoms with E-state index in [-0.39, 0.29) is 18.5 Å². The SMILES string of the molecule is CCCCC(=O)CC1C[C@H](O)[C@@H](CO)O1. The summed E-state index contributed by atoms with van der Waals surface area (Å²) in [6.45, 7) is 1.87. The van der Waals surface area contributed by atoms with Crippen molar-refractivity contribution in [3.05, 3.63) is 0 Å². The molecule has 0 spiro atoms. The molecule has 1 unspecified atom stereocenters. The molecule has 15 heavy (non-hydrogen) atoms. The Morgan fingerprint density at radius 3 is 2.80 bits per heavy atom. The fourth-order valence-corrected chi connectivity index (χ4v) is 1.84. The maximum atomic E-state index is 11.4. The molecule has 0 aromatic heterocycles. The quantitative estimate of drug-likeness (QED) is 0.684. The molecule has 4 nitrogen and oxygen atoms in total. The molecule has 88 valence electrons. The highest BCUT2D eigenvalue weighted by Crippen LogP contribution is 2.23. The van der Waals surface area contributed by atoms with Crippen LogP contribution < -0.4 is 0 Å². The molecule has 4 heteroatoms. The molecule has 0 aromatic rings. The lowest BCUT2D eigenvalue weighted by Gasteiger charge is -2.11. The van der Waals surface area contributed by atoms with Gasteiger partial charge in [-0.15, -0.1) is 0 Å². The summed E-state index contributed by atoms with van der Waals surface area (Å²) in [6.07, 6.45) is 2.01. The van der Waals surface area contributed by atoms with Gasteiger partial charge < -0.3 is 14.9 Å². The lowest BCUT2D eigenvalue weighted by atomic mass is 10.0. The Kier molecular flexibility index (Phi) is 5.22. The van der Waals surface area contributed by atoms with Gasteiger partial charge in [-0.05, 0) is 6.42 Å². The first-order valence-corrected chi connectivity index (χ1v) is 5.63. The Labute approximate surface area is 90.2 Å². The van der Waals surface area contributed by atoms with Gasteiger partial charge in [0.25, 0.3) is 0 Å². The van der Waals surface area contributed by atoms with Crippen LogP contribution in [0.3, 0.4) is 0 Å². The number of unbranched alkanes of at least 4 members (excludes halogenated alkanes) is 1. The van der Waals surface area contributed by atoms with Gasteiger partial charge in [-0.25, -0.2) is 0 Å². The molecule has 3 atom stereocenters. The molecule has 0 saturated carbocycles. The van der Waals surface area contributed by atoms with Crippen molar-refractivity contribution in [1.82, 2.24) is 0 Å². The second kappa shape index (κ2) is 6.20. The predicted octanol–water partition coefficient (Wildman–Crippen LogP) is 0.646. The number of aliphatic hydroxyl groups excluding tert-OH is 2. The summed E-state index contributed by atoms with van der Waals surface area (Å²) in [4.78, 5) is 11.4. The molecule has 1 saturated heterocycles. The van der Waals surface area contributed by atoms with E-state index in [0.29, 0.717) is 19.3 Å². The second-order valence-electron chi connectivity index (χ2n) is 4.13. The van der Waals surface area contributed by atoms with Crippen molar-refractivity contribution in [3.63, 3.8) is 0 Å². The third-order valence-electron chi connectivity index (χ3n) is 2.75. The number of Topliss-reactive ketones (excluding diaryl/α,β-unsaturated/α-hetero) is 1. The molecule has 0 aromatic carbocycles. The van der Waals surface area contributed by atoms with Crippen LogP contribution in [0.15, 0.2) is 0 Å². The first-order chi connectivity index (χ1) is 7.17. The molecule has 0 amide bonds. The minimum absolute atomic E-state index is 0.180. The Bertz CT molecular complexity index is 205. The van der Waals surface area contributed by atoms with Crippen LogP contribution in [0.5, 0.6) is 0 Å². The van der Waals surface area contributed by atoms with E-state index in [2.05, 4.69) is 0 Å². The van der Waals surface area contributed by atoms with Gasteiger partial charge in [0.15, 0.2) is 0 Å². The average molecular weight is 216 g/mol. The number of ketones is 1. The van der Waals surface area contributed by atoms with Crippen LogP contribution in [0.1, 0.15) is 39.0 Å². The zero-order valence-corrected chi connectivity index (χ0v) is 9.19. The first kappa shape index (κ1) is 12.6. The van der Waals surface area contributed by atoms with Crippen LogP contribution in [0, 0.1) is 0 Å². The molecular formula is C11H20O4. The molecule has 0 aliphatic carbocycles. The van der Waals surface area contributed by atoms with Crippen molar-refractivity contribution in [1.29, 1.82) is 0 Å². The fraction of sp³-hybridized carbons (Fsp3) is 0.909. The summed E-state index contributed by atoms with van der Waals surface area (Å²) in [5.41, 5.74) is 0. The number of hydrogen-bond donors (Lipinski definition) is 2. The van der Waals surface area contributed by atoms with Crippen LogP contribution >= 0.6 is 0 Å². The van der Waals surface area contributed by atoms with Gasteiger partial charge in [0.05, 0.1) is 18.8 Å². The van der Waals surface area contributed by atoms with E-state index in [4.69, 9.17) is 9.84 Å². The highest BCUT2D eigenvalue weighted by Gasteiger charge is 2.34. The van der Waals surface area contributed by atoms with Crippen molar-refractivity contribution in [2.24, 2.45) is 0 Å². The fourth-order valence-electron chi connectivity index (χ4n) is 1.84. The largest absolute Gasteiger partial charge is 0.394 e. The lowest BCUT2D eigenvalue weighted by Crippen LogP contribution is -2.24. The maximum absolute atomic E-state index is 11.4. The third kappa shape index (κ3) is 3.89. The molecule has 1 rings (SSSR count). The highest BCUT2D eigenvalue weighted by atomic mass is 16.5. The summed E-state index contributed by atoms with van der Waals surface area (Å²) in [5.74, 6) is 0.188. The van der Waals surface area contributed by atoms with Crippen molar-refractivity contribution in [3.8, 4) is 0 Å². The van der Waals surface area contributed by atoms with E-state index in [0.717, 1.165) is 12.8 Å². The van der Waals surface area contributed by atoms with E-state index in [1.807, 2.05) is 6.92 Å². The molecule has 1 aliphatic heterocycles. The van der Waals surface area contributed by atoms with E-state index in [9.17, 15) is 9.90 Å². The van der Waals surface area contributed by atoms with Crippen LogP contribution in [0.25, 0.3) is 0 Å². The molecule has 1 fully saturated rings. The predicted molar refractivity (Wildman–Crippen MR) is 55.5 cm³/mol. The van der Waals surface area contributed by atoms with E-state index in [1.165, 1.54) is 0 Å². The lowest BCUT2D eigenvalue weighted by molar-refractivity contribution is -0.122. The molecular weight excluding hydrogens is 196 g/mol. The normalized spacial score (nSPS) is 30.7. The van der Waals surface area contributed by atoms with E-state index in [1.54, 1.807) is 0 Å². The molecule has 0 bridgehead atoms. The molecule has 2 N–H and O–H groups in total. The number of rotatable bonds is 6. The van der Waals surface area contributed by atoms with Crippen LogP contribution in [-0.4, -0.2) is 40.9 Å². The number of hydrogen-bond acceptors (Lipinski definition) is 4. The average Bonchev–Trinajstić information content (AvgIpc) is 2.55. The van der Waals surface area contributed by atoms with Crippen molar-refractivity contribution < 1.29 is 19.7 Å². The zero-order chi connectivity index (χ0) is 11.3. The Morgan fingerprint density at radius 2 is 2.27 bits per heavy atom. The molecule has 1 heterocycles. The number of aliphatic hydroxyl groups is 2. The number of carbonyl (C=O) groups excluding carboxylic acids is 1. The van der Waals surface area contributed by atoms with Gasteiger partial charge in [-0.3, -0.25) is 4.79 Å². The zero-order valence-electron chi connectivity index (χ0n) is 9.19. The van der Waals surface area contributed by atoms with Crippen LogP contribution in [0.2, 0.25) is 0 Å². The summed E-state index contributed by atoms with van der Waals surface area (Å²) in [7, 11) is 0. The van der Waals surface area contributed by atoms with E-state index >= 15 is 0 Å². The monoisotopic (exact) mass is 216 g/mol. The van der Waals surface area contributed by atoms with Gasteiger partial charge in [-0.1, -0.05) is 13.3 Å². The summed E-state index contributed by atoms with van der Waals surface area (Å²) in [5, 5.41) is 18.3.